The second-order valence-corrected chi connectivity index (χ2v) is 27.8. The number of nitrogens with one attached hydrogen (secondary N) is 1. The molecule has 1 fully saturated rings. The van der Waals surface area contributed by atoms with Crippen LogP contribution in [-0.4, -0.2) is 87.5 Å². The standard InChI is InChI=1S/C81H153NO8/c1-3-5-7-9-11-13-15-17-19-21-23-25-27-29-31-33-35-37-38-39-41-43-45-47-49-51-53-55-57-59-61-63-65-67-69-71-77(85)82-74(73-89-81-80(88)79(87)78(86)76(72-83)90-81)75(84)70-68-66-64-62-60-58-56-54-52-50-48-46-44-42-40-36-34-32-30-28-26-24-22-20-18-16-14-12-10-8-6-4-2/h5,7,11,13,17,19,23,25,74-76,78-81,83-84,86-88H,3-4,6,8-10,12,14-16,18,20-22,24,26-73H2,1-2H3,(H,82,85)/b7-5-,13-11-,19-17-,25-23-. The second kappa shape index (κ2) is 70.0. The highest BCUT2D eigenvalue weighted by molar-refractivity contribution is 5.76. The molecule has 1 rings (SSSR count). The fourth-order valence-electron chi connectivity index (χ4n) is 13.0. The molecule has 0 aromatic heterocycles. The van der Waals surface area contributed by atoms with Gasteiger partial charge in [-0.05, 0) is 51.4 Å². The summed E-state index contributed by atoms with van der Waals surface area (Å²) in [6.07, 6.45) is 89.4. The molecule has 9 nitrogen and oxygen atoms in total. The minimum Gasteiger partial charge on any atom is -0.394 e. The molecule has 0 aliphatic carbocycles. The number of aliphatic hydroxyl groups is 5. The molecular formula is C81H153NO8. The van der Waals surface area contributed by atoms with Crippen LogP contribution in [0.1, 0.15) is 406 Å². The van der Waals surface area contributed by atoms with Gasteiger partial charge in [0.2, 0.25) is 5.91 Å². The molecular weight excluding hydrogens is 1110 g/mol. The number of hydrogen-bond acceptors (Lipinski definition) is 8. The normalized spacial score (nSPS) is 18.0. The topological polar surface area (TPSA) is 149 Å². The number of allylic oxidation sites excluding steroid dienone is 8. The van der Waals surface area contributed by atoms with Gasteiger partial charge < -0.3 is 40.3 Å². The van der Waals surface area contributed by atoms with Crippen LogP contribution >= 0.6 is 0 Å². The second-order valence-electron chi connectivity index (χ2n) is 27.8. The molecule has 7 unspecified atom stereocenters. The third-order valence-electron chi connectivity index (χ3n) is 19.2. The zero-order valence-electron chi connectivity index (χ0n) is 59.7. The van der Waals surface area contributed by atoms with E-state index in [4.69, 9.17) is 9.47 Å². The SMILES string of the molecule is CC/C=C\C/C=C\C/C=C\C/C=C\CCCCCCCCCCCCCCCCCCCCCCCCC(=O)NC(COC1OC(CO)C(O)C(O)C1O)C(O)CCCCCCCCCCCCCCCCCCCCCCCCCCCCCCCCCC. The number of ether oxygens (including phenoxy) is 2. The summed E-state index contributed by atoms with van der Waals surface area (Å²) < 4.78 is 11.4. The first kappa shape index (κ1) is 86.2. The van der Waals surface area contributed by atoms with Crippen molar-refractivity contribution < 1.29 is 39.8 Å². The van der Waals surface area contributed by atoms with E-state index in [0.29, 0.717) is 12.8 Å². The molecule has 7 atom stereocenters. The summed E-state index contributed by atoms with van der Waals surface area (Å²) >= 11 is 0. The van der Waals surface area contributed by atoms with Crippen molar-refractivity contribution >= 4 is 5.91 Å². The van der Waals surface area contributed by atoms with E-state index in [0.717, 1.165) is 64.2 Å². The van der Waals surface area contributed by atoms with Crippen LogP contribution in [0.2, 0.25) is 0 Å². The fraction of sp³-hybridized carbons (Fsp3) is 0.889. The number of carbonyl (C=O) groups excluding carboxylic acids is 1. The summed E-state index contributed by atoms with van der Waals surface area (Å²) in [5, 5.41) is 55.1. The maximum absolute atomic E-state index is 13.2. The van der Waals surface area contributed by atoms with Crippen LogP contribution in [0.15, 0.2) is 48.6 Å². The summed E-state index contributed by atoms with van der Waals surface area (Å²) in [6, 6.07) is -0.720. The number of unbranched alkanes of at least 4 members (excludes halogenated alkanes) is 53. The highest BCUT2D eigenvalue weighted by Gasteiger charge is 2.44. The van der Waals surface area contributed by atoms with E-state index in [1.54, 1.807) is 0 Å². The lowest BCUT2D eigenvalue weighted by Crippen LogP contribution is -2.60. The minimum absolute atomic E-state index is 0.134. The predicted octanol–water partition coefficient (Wildman–Crippen LogP) is 22.7. The molecule has 0 bridgehead atoms. The average Bonchev–Trinajstić information content (AvgIpc) is 1.28. The molecule has 9 heteroatoms. The first-order valence-electron chi connectivity index (χ1n) is 39.8. The Kier molecular flexibility index (Phi) is 67.0. The van der Waals surface area contributed by atoms with Crippen LogP contribution in [0.25, 0.3) is 0 Å². The van der Waals surface area contributed by atoms with Crippen molar-refractivity contribution in [2.45, 2.75) is 448 Å². The zero-order valence-corrected chi connectivity index (χ0v) is 59.7. The van der Waals surface area contributed by atoms with Gasteiger partial charge >= 0.3 is 0 Å². The summed E-state index contributed by atoms with van der Waals surface area (Å²) in [5.41, 5.74) is 0. The van der Waals surface area contributed by atoms with Gasteiger partial charge in [0.15, 0.2) is 6.29 Å². The van der Waals surface area contributed by atoms with E-state index >= 15 is 0 Å². The van der Waals surface area contributed by atoms with Crippen LogP contribution in [-0.2, 0) is 14.3 Å². The van der Waals surface area contributed by atoms with Gasteiger partial charge in [-0.2, -0.15) is 0 Å². The maximum Gasteiger partial charge on any atom is 0.220 e. The Hall–Kier alpha value is -1.85. The third-order valence-corrected chi connectivity index (χ3v) is 19.2. The summed E-state index contributed by atoms with van der Waals surface area (Å²) in [4.78, 5) is 13.2. The molecule has 530 valence electrons. The zero-order chi connectivity index (χ0) is 64.9. The molecule has 1 amide bonds. The lowest BCUT2D eigenvalue weighted by Gasteiger charge is -2.40. The number of carbonyl (C=O) groups is 1. The Morgan fingerprint density at radius 1 is 0.389 bits per heavy atom. The number of amides is 1. The molecule has 0 saturated carbocycles. The smallest absolute Gasteiger partial charge is 0.220 e. The monoisotopic (exact) mass is 1270 g/mol. The van der Waals surface area contributed by atoms with Gasteiger partial charge in [-0.3, -0.25) is 4.79 Å². The molecule has 6 N–H and O–H groups in total. The van der Waals surface area contributed by atoms with Gasteiger partial charge in [-0.25, -0.2) is 0 Å². The van der Waals surface area contributed by atoms with E-state index in [9.17, 15) is 30.3 Å². The van der Waals surface area contributed by atoms with Gasteiger partial charge in [0.25, 0.3) is 0 Å². The summed E-state index contributed by atoms with van der Waals surface area (Å²) in [6.45, 7) is 3.79. The van der Waals surface area contributed by atoms with Crippen LogP contribution in [0.4, 0.5) is 0 Å². The molecule has 1 heterocycles. The van der Waals surface area contributed by atoms with E-state index in [-0.39, 0.29) is 12.5 Å². The maximum atomic E-state index is 13.2. The molecule has 0 aromatic rings. The molecule has 1 aliphatic heterocycles. The first-order chi connectivity index (χ1) is 44.3. The molecule has 0 radical (unpaired) electrons. The van der Waals surface area contributed by atoms with E-state index in [1.807, 2.05) is 0 Å². The molecule has 0 spiro atoms. The van der Waals surface area contributed by atoms with Crippen LogP contribution in [0.3, 0.4) is 0 Å². The fourth-order valence-corrected chi connectivity index (χ4v) is 13.0. The minimum atomic E-state index is -1.55. The Balaban J connectivity index is 2.05. The lowest BCUT2D eigenvalue weighted by atomic mass is 9.99. The van der Waals surface area contributed by atoms with Gasteiger partial charge in [-0.15, -0.1) is 0 Å². The predicted molar refractivity (Wildman–Crippen MR) is 387 cm³/mol. The van der Waals surface area contributed by atoms with E-state index < -0.39 is 49.5 Å². The highest BCUT2D eigenvalue weighted by atomic mass is 16.7. The van der Waals surface area contributed by atoms with Crippen LogP contribution < -0.4 is 5.32 Å². The Morgan fingerprint density at radius 3 is 1.02 bits per heavy atom. The van der Waals surface area contributed by atoms with Crippen LogP contribution in [0.5, 0.6) is 0 Å². The van der Waals surface area contributed by atoms with Gasteiger partial charge in [0.05, 0.1) is 25.4 Å². The lowest BCUT2D eigenvalue weighted by molar-refractivity contribution is -0.302. The summed E-state index contributed by atoms with van der Waals surface area (Å²) in [7, 11) is 0. The van der Waals surface area contributed by atoms with Crippen molar-refractivity contribution in [2.24, 2.45) is 0 Å². The van der Waals surface area contributed by atoms with Crippen LogP contribution in [0, 0.1) is 0 Å². The molecule has 90 heavy (non-hydrogen) atoms. The first-order valence-corrected chi connectivity index (χ1v) is 39.8. The molecule has 0 aromatic carbocycles. The number of aliphatic hydroxyl groups excluding tert-OH is 5. The highest BCUT2D eigenvalue weighted by Crippen LogP contribution is 2.24. The quantitative estimate of drug-likeness (QED) is 0.0261. The largest absolute Gasteiger partial charge is 0.394 e. The number of rotatable bonds is 71. The Morgan fingerprint density at radius 2 is 0.689 bits per heavy atom. The van der Waals surface area contributed by atoms with Gasteiger partial charge in [0, 0.05) is 6.42 Å². The molecule has 1 aliphatic rings. The Bertz CT molecular complexity index is 1570. The van der Waals surface area contributed by atoms with Gasteiger partial charge in [-0.1, -0.05) is 396 Å². The van der Waals surface area contributed by atoms with Crippen molar-refractivity contribution in [1.29, 1.82) is 0 Å². The average molecular weight is 1270 g/mol. The van der Waals surface area contributed by atoms with E-state index in [1.165, 1.54) is 315 Å². The van der Waals surface area contributed by atoms with E-state index in [2.05, 4.69) is 67.8 Å². The molecule has 1 saturated heterocycles. The third kappa shape index (κ3) is 57.6. The van der Waals surface area contributed by atoms with Crippen molar-refractivity contribution in [3.8, 4) is 0 Å². The van der Waals surface area contributed by atoms with Crippen molar-refractivity contribution in [3.05, 3.63) is 48.6 Å². The Labute approximate surface area is 558 Å². The van der Waals surface area contributed by atoms with Gasteiger partial charge in [0.1, 0.15) is 24.4 Å². The summed E-state index contributed by atoms with van der Waals surface area (Å²) in [5.74, 6) is -0.135. The van der Waals surface area contributed by atoms with Crippen molar-refractivity contribution in [3.63, 3.8) is 0 Å². The van der Waals surface area contributed by atoms with Crippen molar-refractivity contribution in [1.82, 2.24) is 5.32 Å². The van der Waals surface area contributed by atoms with Crippen molar-refractivity contribution in [2.75, 3.05) is 13.2 Å². The number of hydrogen-bond donors (Lipinski definition) is 6.